The van der Waals surface area contributed by atoms with Gasteiger partial charge in [-0.05, 0) is 61.7 Å². The maximum atomic E-state index is 12.5. The summed E-state index contributed by atoms with van der Waals surface area (Å²) in [4.78, 5) is 18.6. The number of piperazine rings is 1. The Morgan fingerprint density at radius 3 is 2.28 bits per heavy atom. The van der Waals surface area contributed by atoms with Gasteiger partial charge in [0, 0.05) is 35.2 Å². The summed E-state index contributed by atoms with van der Waals surface area (Å²) in [5.74, 6) is 0.0851. The van der Waals surface area contributed by atoms with Crippen LogP contribution in [0.25, 0.3) is 0 Å². The third-order valence-corrected chi connectivity index (χ3v) is 6.16. The van der Waals surface area contributed by atoms with E-state index < -0.39 is 0 Å². The SMILES string of the molecule is O=C(C[NH+]1CCN(c2cccc(Cl)c2)CC1)Nc1ccc(N2CCCCC2)cc1. The number of nitrogens with one attached hydrogen (secondary N) is 2. The smallest absolute Gasteiger partial charge is 0.279 e. The molecule has 2 aliphatic rings. The maximum Gasteiger partial charge on any atom is 0.279 e. The second-order valence-corrected chi connectivity index (χ2v) is 8.47. The van der Waals surface area contributed by atoms with Gasteiger partial charge in [0.1, 0.15) is 0 Å². The van der Waals surface area contributed by atoms with Crippen LogP contribution in [0.3, 0.4) is 0 Å². The van der Waals surface area contributed by atoms with Crippen molar-refractivity contribution in [2.24, 2.45) is 0 Å². The number of quaternary nitrogens is 1. The van der Waals surface area contributed by atoms with E-state index in [1.807, 2.05) is 30.3 Å². The Morgan fingerprint density at radius 1 is 0.897 bits per heavy atom. The minimum absolute atomic E-state index is 0.0851. The Morgan fingerprint density at radius 2 is 1.59 bits per heavy atom. The Balaban J connectivity index is 1.24. The average molecular weight is 414 g/mol. The molecule has 6 heteroatoms. The van der Waals surface area contributed by atoms with Gasteiger partial charge < -0.3 is 20.0 Å². The first-order valence-electron chi connectivity index (χ1n) is 10.7. The number of carbonyl (C=O) groups excluding carboxylic acids is 1. The summed E-state index contributed by atoms with van der Waals surface area (Å²) < 4.78 is 0. The average Bonchev–Trinajstić information content (AvgIpc) is 2.75. The fourth-order valence-corrected chi connectivity index (χ4v) is 4.46. The second kappa shape index (κ2) is 9.51. The molecule has 2 aliphatic heterocycles. The van der Waals surface area contributed by atoms with E-state index >= 15 is 0 Å². The summed E-state index contributed by atoms with van der Waals surface area (Å²) in [6.07, 6.45) is 3.87. The van der Waals surface area contributed by atoms with E-state index in [9.17, 15) is 4.79 Å². The molecule has 5 nitrogen and oxygen atoms in total. The molecule has 154 valence electrons. The lowest BCUT2D eigenvalue weighted by molar-refractivity contribution is -0.892. The normalized spacial score (nSPS) is 18.0. The van der Waals surface area contributed by atoms with Gasteiger partial charge >= 0.3 is 0 Å². The highest BCUT2D eigenvalue weighted by molar-refractivity contribution is 6.30. The van der Waals surface area contributed by atoms with Crippen LogP contribution in [0.5, 0.6) is 0 Å². The summed E-state index contributed by atoms with van der Waals surface area (Å²) in [6.45, 7) is 6.56. The minimum atomic E-state index is 0.0851. The molecule has 0 spiro atoms. The van der Waals surface area contributed by atoms with Gasteiger partial charge in [-0.1, -0.05) is 17.7 Å². The molecule has 0 aromatic heterocycles. The number of benzene rings is 2. The van der Waals surface area contributed by atoms with Gasteiger partial charge in [0.2, 0.25) is 0 Å². The van der Waals surface area contributed by atoms with Crippen molar-refractivity contribution in [1.82, 2.24) is 0 Å². The van der Waals surface area contributed by atoms with Crippen LogP contribution in [0.15, 0.2) is 48.5 Å². The third kappa shape index (κ3) is 5.43. The minimum Gasteiger partial charge on any atom is -0.372 e. The van der Waals surface area contributed by atoms with Crippen LogP contribution in [0.4, 0.5) is 17.1 Å². The lowest BCUT2D eigenvalue weighted by Crippen LogP contribution is -3.15. The molecule has 0 radical (unpaired) electrons. The van der Waals surface area contributed by atoms with Gasteiger partial charge in [-0.2, -0.15) is 0 Å². The van der Waals surface area contributed by atoms with Gasteiger partial charge in [-0.3, -0.25) is 4.79 Å². The molecule has 2 aromatic rings. The van der Waals surface area contributed by atoms with Crippen molar-refractivity contribution in [2.45, 2.75) is 19.3 Å². The first-order valence-corrected chi connectivity index (χ1v) is 11.0. The zero-order valence-electron chi connectivity index (χ0n) is 16.9. The van der Waals surface area contributed by atoms with Crippen LogP contribution in [-0.2, 0) is 4.79 Å². The molecule has 29 heavy (non-hydrogen) atoms. The lowest BCUT2D eigenvalue weighted by Gasteiger charge is -2.33. The fraction of sp³-hybridized carbons (Fsp3) is 0.435. The van der Waals surface area contributed by atoms with Crippen LogP contribution in [0.2, 0.25) is 5.02 Å². The predicted molar refractivity (Wildman–Crippen MR) is 120 cm³/mol. The highest BCUT2D eigenvalue weighted by Crippen LogP contribution is 2.22. The second-order valence-electron chi connectivity index (χ2n) is 8.04. The van der Waals surface area contributed by atoms with Crippen LogP contribution >= 0.6 is 11.6 Å². The maximum absolute atomic E-state index is 12.5. The molecule has 0 unspecified atom stereocenters. The molecule has 0 bridgehead atoms. The van der Waals surface area contributed by atoms with Crippen LogP contribution in [0, 0.1) is 0 Å². The zero-order valence-corrected chi connectivity index (χ0v) is 17.6. The monoisotopic (exact) mass is 413 g/mol. The molecular formula is C23H30ClN4O+. The summed E-state index contributed by atoms with van der Waals surface area (Å²) in [5, 5.41) is 3.83. The van der Waals surface area contributed by atoms with Crippen LogP contribution < -0.4 is 20.0 Å². The van der Waals surface area contributed by atoms with Crippen molar-refractivity contribution < 1.29 is 9.69 Å². The van der Waals surface area contributed by atoms with Crippen molar-refractivity contribution >= 4 is 34.6 Å². The predicted octanol–water partition coefficient (Wildman–Crippen LogP) is 2.67. The largest absolute Gasteiger partial charge is 0.372 e. The number of amides is 1. The Hall–Kier alpha value is -2.24. The fourth-order valence-electron chi connectivity index (χ4n) is 4.27. The Labute approximate surface area is 178 Å². The van der Waals surface area contributed by atoms with Crippen molar-refractivity contribution in [2.75, 3.05) is 60.9 Å². The van der Waals surface area contributed by atoms with Crippen LogP contribution in [0.1, 0.15) is 19.3 Å². The molecule has 0 aliphatic carbocycles. The third-order valence-electron chi connectivity index (χ3n) is 5.93. The van der Waals surface area contributed by atoms with Gasteiger partial charge in [0.15, 0.2) is 6.54 Å². The van der Waals surface area contributed by atoms with Gasteiger partial charge in [-0.15, -0.1) is 0 Å². The summed E-state index contributed by atoms with van der Waals surface area (Å²) >= 11 is 6.10. The Bertz CT molecular complexity index is 812. The first kappa shape index (κ1) is 20.0. The molecule has 2 fully saturated rings. The topological polar surface area (TPSA) is 40.0 Å². The number of halogens is 1. The van der Waals surface area contributed by atoms with Crippen molar-refractivity contribution in [3.8, 4) is 0 Å². The quantitative estimate of drug-likeness (QED) is 0.791. The number of anilines is 3. The van der Waals surface area contributed by atoms with Gasteiger partial charge in [-0.25, -0.2) is 0 Å². The standard InChI is InChI=1S/C23H29ClN4O/c24-19-5-4-6-22(17-19)28-15-13-26(14-16-28)18-23(29)25-20-7-9-21(10-8-20)27-11-2-1-3-12-27/h4-10,17H,1-3,11-16,18H2,(H,25,29)/p+1. The number of hydrogen-bond donors (Lipinski definition) is 2. The van der Waals surface area contributed by atoms with E-state index in [1.54, 1.807) is 0 Å². The molecule has 0 atom stereocenters. The lowest BCUT2D eigenvalue weighted by atomic mass is 10.1. The molecule has 4 rings (SSSR count). The van der Waals surface area contributed by atoms with Gasteiger partial charge in [0.05, 0.1) is 26.2 Å². The Kier molecular flexibility index (Phi) is 6.57. The molecule has 2 saturated heterocycles. The van der Waals surface area contributed by atoms with E-state index in [2.05, 4.69) is 33.3 Å². The number of carbonyl (C=O) groups is 1. The molecule has 2 heterocycles. The molecule has 1 amide bonds. The molecule has 2 N–H and O–H groups in total. The highest BCUT2D eigenvalue weighted by Gasteiger charge is 2.22. The van der Waals surface area contributed by atoms with Crippen molar-refractivity contribution in [3.05, 3.63) is 53.6 Å². The molecule has 0 saturated carbocycles. The van der Waals surface area contributed by atoms with E-state index in [0.717, 1.165) is 55.7 Å². The van der Waals surface area contributed by atoms with Crippen LogP contribution in [-0.4, -0.2) is 51.7 Å². The zero-order chi connectivity index (χ0) is 20.1. The number of nitrogens with zero attached hydrogens (tertiary/aromatic N) is 2. The molecule has 2 aromatic carbocycles. The van der Waals surface area contributed by atoms with E-state index in [4.69, 9.17) is 11.6 Å². The molecular weight excluding hydrogens is 384 g/mol. The number of hydrogen-bond acceptors (Lipinski definition) is 3. The van der Waals surface area contributed by atoms with E-state index in [1.165, 1.54) is 29.8 Å². The number of rotatable bonds is 5. The van der Waals surface area contributed by atoms with E-state index in [0.29, 0.717) is 6.54 Å². The summed E-state index contributed by atoms with van der Waals surface area (Å²) in [6, 6.07) is 16.3. The van der Waals surface area contributed by atoms with E-state index in [-0.39, 0.29) is 5.91 Å². The van der Waals surface area contributed by atoms with Gasteiger partial charge in [0.25, 0.3) is 5.91 Å². The first-order chi connectivity index (χ1) is 14.2. The summed E-state index contributed by atoms with van der Waals surface area (Å²) in [5.41, 5.74) is 3.30. The number of piperidine rings is 1. The van der Waals surface area contributed by atoms with Crippen molar-refractivity contribution in [3.63, 3.8) is 0 Å². The highest BCUT2D eigenvalue weighted by atomic mass is 35.5. The summed E-state index contributed by atoms with van der Waals surface area (Å²) in [7, 11) is 0. The van der Waals surface area contributed by atoms with Crippen molar-refractivity contribution in [1.29, 1.82) is 0 Å².